The van der Waals surface area contributed by atoms with Gasteiger partial charge in [0.15, 0.2) is 5.17 Å². The number of halogens is 2. The van der Waals surface area contributed by atoms with E-state index in [9.17, 15) is 9.59 Å². The first-order valence-corrected chi connectivity index (χ1v) is 14.4. The Labute approximate surface area is 242 Å². The summed E-state index contributed by atoms with van der Waals surface area (Å²) in [6, 6.07) is 18.1. The highest BCUT2D eigenvalue weighted by Gasteiger charge is 2.37. The number of nitrogens with one attached hydrogen (secondary N) is 2. The molecular formula is C30H28Cl2N4O2S. The number of carbonyl (C=O) groups excluding carboxylic acids is 2. The number of amides is 2. The largest absolute Gasteiger partial charge is 0.340 e. The number of rotatable bonds is 5. The number of hydrogen-bond acceptors (Lipinski definition) is 5. The second-order valence-electron chi connectivity index (χ2n) is 9.67. The minimum atomic E-state index is -0.295. The average Bonchev–Trinajstić information content (AvgIpc) is 2.91. The van der Waals surface area contributed by atoms with Gasteiger partial charge in [-0.15, -0.1) is 0 Å². The van der Waals surface area contributed by atoms with Crippen LogP contribution in [0.1, 0.15) is 46.4 Å². The molecule has 1 atom stereocenters. The first kappa shape index (κ1) is 27.3. The lowest BCUT2D eigenvalue weighted by atomic mass is 9.93. The van der Waals surface area contributed by atoms with Crippen LogP contribution in [0.3, 0.4) is 0 Å². The lowest BCUT2D eigenvalue weighted by Crippen LogP contribution is -2.43. The first-order valence-electron chi connectivity index (χ1n) is 12.6. The zero-order valence-electron chi connectivity index (χ0n) is 21.8. The molecule has 2 amide bonds. The molecule has 2 heterocycles. The molecule has 200 valence electrons. The second kappa shape index (κ2) is 11.5. The normalized spacial score (nSPS) is 16.9. The van der Waals surface area contributed by atoms with Crippen molar-refractivity contribution in [2.45, 2.75) is 33.2 Å². The summed E-state index contributed by atoms with van der Waals surface area (Å²) in [7, 11) is 0. The van der Waals surface area contributed by atoms with E-state index in [1.165, 1.54) is 0 Å². The van der Waals surface area contributed by atoms with E-state index < -0.39 is 0 Å². The molecule has 9 heteroatoms. The van der Waals surface area contributed by atoms with Gasteiger partial charge in [0, 0.05) is 29.2 Å². The number of fused-ring (bicyclic) bond motifs is 1. The summed E-state index contributed by atoms with van der Waals surface area (Å²) < 4.78 is 0. The van der Waals surface area contributed by atoms with Crippen LogP contribution in [0.2, 0.25) is 10.0 Å². The molecule has 3 aromatic carbocycles. The summed E-state index contributed by atoms with van der Waals surface area (Å²) in [5, 5.41) is 7.67. The number of aliphatic imine (C=N–C) groups is 1. The molecule has 2 N–H and O–H groups in total. The van der Waals surface area contributed by atoms with Crippen molar-refractivity contribution < 1.29 is 9.59 Å². The summed E-state index contributed by atoms with van der Waals surface area (Å²) >= 11 is 13.8. The topological polar surface area (TPSA) is 73.8 Å². The van der Waals surface area contributed by atoms with Crippen molar-refractivity contribution in [2.75, 3.05) is 22.9 Å². The fourth-order valence-electron chi connectivity index (χ4n) is 4.84. The van der Waals surface area contributed by atoms with Gasteiger partial charge in [-0.25, -0.2) is 4.99 Å². The molecular weight excluding hydrogens is 551 g/mol. The lowest BCUT2D eigenvalue weighted by Gasteiger charge is -2.41. The summed E-state index contributed by atoms with van der Waals surface area (Å²) in [5.41, 5.74) is 6.26. The Morgan fingerprint density at radius 2 is 1.69 bits per heavy atom. The van der Waals surface area contributed by atoms with E-state index in [0.29, 0.717) is 32.6 Å². The number of anilines is 2. The maximum Gasteiger partial charge on any atom is 0.255 e. The van der Waals surface area contributed by atoms with Crippen molar-refractivity contribution in [1.82, 2.24) is 4.90 Å². The van der Waals surface area contributed by atoms with Gasteiger partial charge < -0.3 is 15.5 Å². The number of amidine groups is 1. The van der Waals surface area contributed by atoms with Gasteiger partial charge in [-0.1, -0.05) is 64.8 Å². The Kier molecular flexibility index (Phi) is 8.03. The third kappa shape index (κ3) is 5.86. The summed E-state index contributed by atoms with van der Waals surface area (Å²) in [6.07, 6.45) is 1.00. The van der Waals surface area contributed by atoms with Gasteiger partial charge >= 0.3 is 0 Å². The Morgan fingerprint density at radius 1 is 0.923 bits per heavy atom. The van der Waals surface area contributed by atoms with Crippen LogP contribution in [0.4, 0.5) is 11.4 Å². The average molecular weight is 580 g/mol. The van der Waals surface area contributed by atoms with Crippen LogP contribution in [0.15, 0.2) is 76.9 Å². The smallest absolute Gasteiger partial charge is 0.255 e. The number of benzene rings is 3. The molecule has 1 saturated heterocycles. The molecule has 0 aliphatic carbocycles. The van der Waals surface area contributed by atoms with E-state index in [1.807, 2.05) is 57.2 Å². The van der Waals surface area contributed by atoms with Crippen LogP contribution in [0.5, 0.6) is 0 Å². The van der Waals surface area contributed by atoms with Crippen LogP contribution in [-0.4, -0.2) is 34.2 Å². The number of thioether (sulfide) groups is 1. The monoisotopic (exact) mass is 578 g/mol. The Balaban J connectivity index is 1.43. The van der Waals surface area contributed by atoms with Crippen LogP contribution < -0.4 is 10.6 Å². The molecule has 2 aliphatic heterocycles. The minimum absolute atomic E-state index is 0.167. The van der Waals surface area contributed by atoms with Crippen molar-refractivity contribution in [2.24, 2.45) is 4.99 Å². The SMILES string of the molecule is CC1=C(C(=O)Nc2ccc(C)cc2C)C(c2ccc(NC(=O)c3ccc(Cl)c(Cl)c3)cc2)N2CCCSC2=N1. The quantitative estimate of drug-likeness (QED) is 0.326. The highest BCUT2D eigenvalue weighted by molar-refractivity contribution is 8.13. The Hall–Kier alpha value is -3.26. The fraction of sp³-hybridized carbons (Fsp3) is 0.233. The fourth-order valence-corrected chi connectivity index (χ4v) is 6.16. The third-order valence-electron chi connectivity index (χ3n) is 6.80. The van der Waals surface area contributed by atoms with E-state index in [1.54, 1.807) is 30.0 Å². The molecule has 3 aromatic rings. The first-order chi connectivity index (χ1) is 18.7. The van der Waals surface area contributed by atoms with Gasteiger partial charge in [-0.05, 0) is 74.7 Å². The van der Waals surface area contributed by atoms with Gasteiger partial charge in [-0.2, -0.15) is 0 Å². The van der Waals surface area contributed by atoms with E-state index in [0.717, 1.165) is 46.3 Å². The van der Waals surface area contributed by atoms with Gasteiger partial charge in [0.25, 0.3) is 11.8 Å². The van der Waals surface area contributed by atoms with Crippen LogP contribution >= 0.6 is 35.0 Å². The molecule has 0 spiro atoms. The van der Waals surface area contributed by atoms with Crippen LogP contribution in [-0.2, 0) is 4.79 Å². The minimum Gasteiger partial charge on any atom is -0.340 e. The van der Waals surface area contributed by atoms with Gasteiger partial charge in [0.05, 0.1) is 27.4 Å². The lowest BCUT2D eigenvalue weighted by molar-refractivity contribution is -0.113. The van der Waals surface area contributed by atoms with Crippen molar-refractivity contribution in [1.29, 1.82) is 0 Å². The molecule has 2 aliphatic rings. The molecule has 0 radical (unpaired) electrons. The number of carbonyl (C=O) groups is 2. The summed E-state index contributed by atoms with van der Waals surface area (Å²) in [4.78, 5) is 33.5. The van der Waals surface area contributed by atoms with Crippen molar-refractivity contribution in [3.63, 3.8) is 0 Å². The molecule has 1 unspecified atom stereocenters. The van der Waals surface area contributed by atoms with Crippen LogP contribution in [0.25, 0.3) is 0 Å². The van der Waals surface area contributed by atoms with E-state index in [2.05, 4.69) is 21.6 Å². The number of hydrogen-bond donors (Lipinski definition) is 2. The highest BCUT2D eigenvalue weighted by atomic mass is 35.5. The molecule has 39 heavy (non-hydrogen) atoms. The Morgan fingerprint density at radius 3 is 2.41 bits per heavy atom. The third-order valence-corrected chi connectivity index (χ3v) is 8.62. The zero-order valence-corrected chi connectivity index (χ0v) is 24.2. The Bertz CT molecular complexity index is 1520. The van der Waals surface area contributed by atoms with Crippen molar-refractivity contribution in [3.05, 3.63) is 104 Å². The highest BCUT2D eigenvalue weighted by Crippen LogP contribution is 2.40. The van der Waals surface area contributed by atoms with E-state index in [-0.39, 0.29) is 17.9 Å². The van der Waals surface area contributed by atoms with Gasteiger partial charge in [0.1, 0.15) is 0 Å². The number of allylic oxidation sites excluding steroid dienone is 1. The van der Waals surface area contributed by atoms with Gasteiger partial charge in [-0.3, -0.25) is 9.59 Å². The zero-order chi connectivity index (χ0) is 27.7. The van der Waals surface area contributed by atoms with Gasteiger partial charge in [0.2, 0.25) is 0 Å². The standard InChI is InChI=1S/C30H28Cl2N4O2S/c1-17-5-12-25(18(2)15-17)35-29(38)26-19(3)33-30-36(13-4-14-39-30)27(26)20-6-9-22(10-7-20)34-28(37)21-8-11-23(31)24(32)16-21/h5-12,15-16,27H,4,13-14H2,1-3H3,(H,34,37)(H,35,38). The van der Waals surface area contributed by atoms with Crippen LogP contribution in [0, 0.1) is 13.8 Å². The van der Waals surface area contributed by atoms with E-state index in [4.69, 9.17) is 28.2 Å². The van der Waals surface area contributed by atoms with Crippen molar-refractivity contribution >= 4 is 63.3 Å². The summed E-state index contributed by atoms with van der Waals surface area (Å²) in [6.45, 7) is 6.73. The molecule has 0 aromatic heterocycles. The molecule has 0 saturated carbocycles. The molecule has 0 bridgehead atoms. The van der Waals surface area contributed by atoms with E-state index >= 15 is 0 Å². The van der Waals surface area contributed by atoms with Crippen molar-refractivity contribution in [3.8, 4) is 0 Å². The predicted molar refractivity (Wildman–Crippen MR) is 162 cm³/mol. The second-order valence-corrected chi connectivity index (χ2v) is 11.5. The predicted octanol–water partition coefficient (Wildman–Crippen LogP) is 7.62. The number of nitrogens with zero attached hydrogens (tertiary/aromatic N) is 2. The summed E-state index contributed by atoms with van der Waals surface area (Å²) in [5.74, 6) is 0.545. The molecule has 6 nitrogen and oxygen atoms in total. The maximum absolute atomic E-state index is 13.7. The number of aryl methyl sites for hydroxylation is 2. The maximum atomic E-state index is 13.7. The molecule has 5 rings (SSSR count). The molecule has 1 fully saturated rings.